The third-order valence-corrected chi connectivity index (χ3v) is 3.21. The molecule has 0 bridgehead atoms. The van der Waals surface area contributed by atoms with Crippen molar-refractivity contribution >= 4 is 0 Å². The summed E-state index contributed by atoms with van der Waals surface area (Å²) in [6.07, 6.45) is 4.52. The van der Waals surface area contributed by atoms with E-state index in [1.165, 1.54) is 0 Å². The molecular formula is C12H14N2O. The largest absolute Gasteiger partial charge is 0.385 e. The van der Waals surface area contributed by atoms with Gasteiger partial charge < -0.3 is 5.11 Å². The molecule has 78 valence electrons. The van der Waals surface area contributed by atoms with Crippen LogP contribution in [-0.2, 0) is 0 Å². The number of nitriles is 1. The molecule has 1 fully saturated rings. The van der Waals surface area contributed by atoms with Gasteiger partial charge in [-0.25, -0.2) is 0 Å². The minimum atomic E-state index is -0.744. The van der Waals surface area contributed by atoms with Gasteiger partial charge in [-0.05, 0) is 25.0 Å². The van der Waals surface area contributed by atoms with Gasteiger partial charge in [0.15, 0.2) is 0 Å². The van der Waals surface area contributed by atoms with Crippen LogP contribution < -0.4 is 0 Å². The van der Waals surface area contributed by atoms with Crippen molar-refractivity contribution < 1.29 is 5.11 Å². The van der Waals surface area contributed by atoms with E-state index in [0.717, 1.165) is 25.7 Å². The van der Waals surface area contributed by atoms with E-state index in [9.17, 15) is 10.4 Å². The molecule has 3 nitrogen and oxygen atoms in total. The van der Waals surface area contributed by atoms with Gasteiger partial charge in [0.25, 0.3) is 0 Å². The normalized spacial score (nSPS) is 20.8. The maximum absolute atomic E-state index is 10.2. The molecule has 0 radical (unpaired) electrons. The lowest BCUT2D eigenvalue weighted by Gasteiger charge is -2.26. The summed E-state index contributed by atoms with van der Waals surface area (Å²) in [5.74, 6) is 0. The maximum Gasteiger partial charge on any atom is 0.114 e. The van der Waals surface area contributed by atoms with E-state index in [0.29, 0.717) is 5.69 Å². The van der Waals surface area contributed by atoms with E-state index in [4.69, 9.17) is 0 Å². The van der Waals surface area contributed by atoms with Crippen molar-refractivity contribution in [2.75, 3.05) is 0 Å². The first-order valence-electron chi connectivity index (χ1n) is 5.29. The van der Waals surface area contributed by atoms with E-state index in [1.54, 1.807) is 12.3 Å². The average Bonchev–Trinajstić information content (AvgIpc) is 2.79. The molecule has 0 aliphatic heterocycles. The summed E-state index contributed by atoms with van der Waals surface area (Å²) in [4.78, 5) is 4.12. The quantitative estimate of drug-likeness (QED) is 0.799. The number of rotatable bonds is 2. The Morgan fingerprint density at radius 2 is 2.13 bits per heavy atom. The van der Waals surface area contributed by atoms with Crippen molar-refractivity contribution in [3.05, 3.63) is 30.1 Å². The van der Waals surface area contributed by atoms with E-state index in [1.807, 2.05) is 12.1 Å². The number of aliphatic hydroxyl groups excluding tert-OH is 1. The van der Waals surface area contributed by atoms with Gasteiger partial charge >= 0.3 is 0 Å². The van der Waals surface area contributed by atoms with Gasteiger partial charge in [0.1, 0.15) is 6.10 Å². The van der Waals surface area contributed by atoms with E-state index < -0.39 is 11.5 Å². The van der Waals surface area contributed by atoms with Crippen molar-refractivity contribution in [1.82, 2.24) is 4.98 Å². The first kappa shape index (κ1) is 10.1. The van der Waals surface area contributed by atoms with Crippen molar-refractivity contribution in [1.29, 1.82) is 5.26 Å². The second-order valence-electron chi connectivity index (χ2n) is 4.13. The van der Waals surface area contributed by atoms with E-state index in [-0.39, 0.29) is 0 Å². The summed E-state index contributed by atoms with van der Waals surface area (Å²) in [6.45, 7) is 0. The summed E-state index contributed by atoms with van der Waals surface area (Å²) in [5, 5.41) is 19.4. The highest BCUT2D eigenvalue weighted by atomic mass is 16.3. The highest BCUT2D eigenvalue weighted by Crippen LogP contribution is 2.46. The Hall–Kier alpha value is -1.40. The highest BCUT2D eigenvalue weighted by molar-refractivity contribution is 5.17. The van der Waals surface area contributed by atoms with Gasteiger partial charge in [0.05, 0.1) is 17.2 Å². The Kier molecular flexibility index (Phi) is 2.70. The molecule has 1 aromatic heterocycles. The molecule has 0 saturated heterocycles. The van der Waals surface area contributed by atoms with Gasteiger partial charge in [0.2, 0.25) is 0 Å². The van der Waals surface area contributed by atoms with Crippen LogP contribution in [0.5, 0.6) is 0 Å². The van der Waals surface area contributed by atoms with Crippen LogP contribution in [0.1, 0.15) is 37.5 Å². The monoisotopic (exact) mass is 202 g/mol. The van der Waals surface area contributed by atoms with Crippen LogP contribution in [0.2, 0.25) is 0 Å². The molecule has 1 atom stereocenters. The summed E-state index contributed by atoms with van der Waals surface area (Å²) < 4.78 is 0. The minimum absolute atomic E-state index is 0.603. The average molecular weight is 202 g/mol. The predicted molar refractivity (Wildman–Crippen MR) is 55.7 cm³/mol. The third-order valence-electron chi connectivity index (χ3n) is 3.21. The van der Waals surface area contributed by atoms with Crippen molar-refractivity contribution in [2.45, 2.75) is 31.8 Å². The SMILES string of the molecule is N#CC1(C(O)c2ccccn2)CCCC1. The molecule has 1 aliphatic rings. The standard InChI is InChI=1S/C12H14N2O/c13-9-12(6-2-3-7-12)11(15)10-5-1-4-8-14-10/h1,4-5,8,11,15H,2-3,6-7H2. The molecule has 0 amide bonds. The van der Waals surface area contributed by atoms with Crippen molar-refractivity contribution in [3.8, 4) is 6.07 Å². The lowest BCUT2D eigenvalue weighted by Crippen LogP contribution is -2.24. The molecule has 1 saturated carbocycles. The zero-order valence-electron chi connectivity index (χ0n) is 8.56. The Morgan fingerprint density at radius 1 is 1.40 bits per heavy atom. The number of pyridine rings is 1. The fraction of sp³-hybridized carbons (Fsp3) is 0.500. The Labute approximate surface area is 89.4 Å². The maximum atomic E-state index is 10.2. The summed E-state index contributed by atoms with van der Waals surface area (Å²) >= 11 is 0. The summed E-state index contributed by atoms with van der Waals surface area (Å²) in [6, 6.07) is 7.71. The van der Waals surface area contributed by atoms with Crippen molar-refractivity contribution in [2.24, 2.45) is 5.41 Å². The van der Waals surface area contributed by atoms with E-state index >= 15 is 0 Å². The molecule has 1 aliphatic carbocycles. The fourth-order valence-electron chi connectivity index (χ4n) is 2.27. The number of aliphatic hydroxyl groups is 1. The zero-order chi connectivity index (χ0) is 10.7. The number of aromatic nitrogens is 1. The molecule has 0 aromatic carbocycles. The van der Waals surface area contributed by atoms with Gasteiger partial charge in [-0.3, -0.25) is 4.98 Å². The number of hydrogen-bond donors (Lipinski definition) is 1. The lowest BCUT2D eigenvalue weighted by molar-refractivity contribution is 0.0633. The Morgan fingerprint density at radius 3 is 2.67 bits per heavy atom. The molecule has 1 N–H and O–H groups in total. The molecule has 3 heteroatoms. The van der Waals surface area contributed by atoms with Crippen LogP contribution in [0.3, 0.4) is 0 Å². The van der Waals surface area contributed by atoms with Crippen LogP contribution in [-0.4, -0.2) is 10.1 Å². The molecule has 1 heterocycles. The molecule has 1 aromatic rings. The molecule has 15 heavy (non-hydrogen) atoms. The summed E-state index contributed by atoms with van der Waals surface area (Å²) in [7, 11) is 0. The second-order valence-corrected chi connectivity index (χ2v) is 4.13. The van der Waals surface area contributed by atoms with Gasteiger partial charge in [0, 0.05) is 6.20 Å². The smallest absolute Gasteiger partial charge is 0.114 e. The molecule has 1 unspecified atom stereocenters. The minimum Gasteiger partial charge on any atom is -0.385 e. The topological polar surface area (TPSA) is 56.9 Å². The van der Waals surface area contributed by atoms with Crippen LogP contribution in [0.15, 0.2) is 24.4 Å². The number of nitrogens with zero attached hydrogens (tertiary/aromatic N) is 2. The zero-order valence-corrected chi connectivity index (χ0v) is 8.56. The van der Waals surface area contributed by atoms with Gasteiger partial charge in [-0.15, -0.1) is 0 Å². The first-order chi connectivity index (χ1) is 7.28. The van der Waals surface area contributed by atoms with Gasteiger partial charge in [-0.1, -0.05) is 18.9 Å². The van der Waals surface area contributed by atoms with Crippen molar-refractivity contribution in [3.63, 3.8) is 0 Å². The predicted octanol–water partition coefficient (Wildman–Crippen LogP) is 2.20. The Balaban J connectivity index is 2.27. The highest BCUT2D eigenvalue weighted by Gasteiger charge is 2.42. The number of hydrogen-bond acceptors (Lipinski definition) is 3. The molecular weight excluding hydrogens is 188 g/mol. The van der Waals surface area contributed by atoms with Crippen LogP contribution in [0.25, 0.3) is 0 Å². The van der Waals surface area contributed by atoms with E-state index in [2.05, 4.69) is 11.1 Å². The van der Waals surface area contributed by atoms with Crippen LogP contribution in [0.4, 0.5) is 0 Å². The Bertz CT molecular complexity index is 363. The summed E-state index contributed by atoms with van der Waals surface area (Å²) in [5.41, 5.74) is 0.00917. The first-order valence-corrected chi connectivity index (χ1v) is 5.29. The second kappa shape index (κ2) is 4.00. The lowest BCUT2D eigenvalue weighted by atomic mass is 9.80. The molecule has 2 rings (SSSR count). The van der Waals surface area contributed by atoms with Gasteiger partial charge in [-0.2, -0.15) is 5.26 Å². The third kappa shape index (κ3) is 1.73. The van der Waals surface area contributed by atoms with Crippen LogP contribution in [0, 0.1) is 16.7 Å². The van der Waals surface area contributed by atoms with Crippen LogP contribution >= 0.6 is 0 Å². The fourth-order valence-corrected chi connectivity index (χ4v) is 2.27. The molecule has 0 spiro atoms.